The number of hydrogen-bond acceptors (Lipinski definition) is 4. The van der Waals surface area contributed by atoms with Crippen molar-refractivity contribution in [2.75, 3.05) is 0 Å². The average Bonchev–Trinajstić information content (AvgIpc) is 2.66. The van der Waals surface area contributed by atoms with Crippen molar-refractivity contribution < 1.29 is 0 Å². The van der Waals surface area contributed by atoms with E-state index < -0.39 is 0 Å². The molecule has 3 heterocycles. The molecule has 72 valence electrons. The van der Waals surface area contributed by atoms with E-state index in [0.29, 0.717) is 5.65 Å². The number of aryl methyl sites for hydroxylation is 1. The molecule has 0 saturated carbocycles. The summed E-state index contributed by atoms with van der Waals surface area (Å²) < 4.78 is 3.16. The van der Waals surface area contributed by atoms with Crippen molar-refractivity contribution in [3.8, 4) is 0 Å². The van der Waals surface area contributed by atoms with Crippen LogP contribution in [0.1, 0.15) is 18.7 Å². The summed E-state index contributed by atoms with van der Waals surface area (Å²) in [6.07, 6.45) is 4.47. The largest absolute Gasteiger partial charge is 0.299 e. The van der Waals surface area contributed by atoms with Gasteiger partial charge in [-0.25, -0.2) is 0 Å². The van der Waals surface area contributed by atoms with Crippen LogP contribution in [-0.4, -0.2) is 24.4 Å². The maximum atomic E-state index is 11.8. The molecule has 0 unspecified atom stereocenters. The summed E-state index contributed by atoms with van der Waals surface area (Å²) in [5.74, 6) is 0.841. The Morgan fingerprint density at radius 3 is 3.21 bits per heavy atom. The van der Waals surface area contributed by atoms with Crippen LogP contribution < -0.4 is 5.56 Å². The molecule has 0 spiro atoms. The van der Waals surface area contributed by atoms with Crippen molar-refractivity contribution in [3.05, 3.63) is 22.5 Å². The second-order valence-electron chi connectivity index (χ2n) is 3.43. The Kier molecular flexibility index (Phi) is 1.44. The normalized spacial score (nSPS) is 15.7. The lowest BCUT2D eigenvalue weighted by Gasteiger charge is -2.15. The maximum Gasteiger partial charge on any atom is 0.299 e. The molecule has 14 heavy (non-hydrogen) atoms. The molecule has 0 N–H and O–H groups in total. The molecule has 0 saturated heterocycles. The van der Waals surface area contributed by atoms with Crippen LogP contribution in [0.5, 0.6) is 0 Å². The van der Waals surface area contributed by atoms with E-state index in [9.17, 15) is 4.79 Å². The van der Waals surface area contributed by atoms with Crippen molar-refractivity contribution in [2.45, 2.75) is 25.8 Å². The third-order valence-corrected chi connectivity index (χ3v) is 2.53. The Balaban J connectivity index is 2.42. The summed E-state index contributed by atoms with van der Waals surface area (Å²) in [7, 11) is 0. The van der Waals surface area contributed by atoms with E-state index in [1.165, 1.54) is 10.8 Å². The average molecular weight is 191 g/mol. The second-order valence-corrected chi connectivity index (χ2v) is 3.43. The molecule has 6 nitrogen and oxygen atoms in total. The van der Waals surface area contributed by atoms with Crippen LogP contribution in [0.2, 0.25) is 0 Å². The van der Waals surface area contributed by atoms with Crippen LogP contribution >= 0.6 is 0 Å². The minimum atomic E-state index is -0.0767. The summed E-state index contributed by atoms with van der Waals surface area (Å²) in [5, 5.41) is 11.7. The van der Waals surface area contributed by atoms with Gasteiger partial charge in [0.2, 0.25) is 5.65 Å². The predicted molar refractivity (Wildman–Crippen MR) is 48.0 cm³/mol. The lowest BCUT2D eigenvalue weighted by atomic mass is 10.2. The van der Waals surface area contributed by atoms with Gasteiger partial charge in [0.05, 0.1) is 0 Å². The third-order valence-electron chi connectivity index (χ3n) is 2.53. The third kappa shape index (κ3) is 0.905. The van der Waals surface area contributed by atoms with Crippen LogP contribution in [0.15, 0.2) is 11.1 Å². The van der Waals surface area contributed by atoms with Crippen LogP contribution in [0, 0.1) is 0 Å². The zero-order chi connectivity index (χ0) is 9.54. The Hall–Kier alpha value is -1.72. The monoisotopic (exact) mass is 191 g/mol. The Labute approximate surface area is 79.2 Å². The van der Waals surface area contributed by atoms with Crippen molar-refractivity contribution in [1.82, 2.24) is 24.4 Å². The molecule has 0 radical (unpaired) electrons. The van der Waals surface area contributed by atoms with Crippen LogP contribution in [0.3, 0.4) is 0 Å². The van der Waals surface area contributed by atoms with Crippen LogP contribution in [-0.2, 0) is 13.0 Å². The lowest BCUT2D eigenvalue weighted by Crippen LogP contribution is -2.30. The molecule has 3 rings (SSSR count). The molecular formula is C8H9N5O. The number of fused-ring (bicyclic) bond motifs is 2. The number of aromatic nitrogens is 5. The van der Waals surface area contributed by atoms with Gasteiger partial charge in [-0.2, -0.15) is 9.61 Å². The van der Waals surface area contributed by atoms with E-state index in [1.807, 2.05) is 0 Å². The fraction of sp³-hybridized carbons (Fsp3) is 0.500. The quantitative estimate of drug-likeness (QED) is 0.569. The second kappa shape index (κ2) is 2.63. The van der Waals surface area contributed by atoms with Crippen molar-refractivity contribution in [3.63, 3.8) is 0 Å². The minimum Gasteiger partial charge on any atom is -0.292 e. The Morgan fingerprint density at radius 2 is 2.29 bits per heavy atom. The van der Waals surface area contributed by atoms with Gasteiger partial charge < -0.3 is 0 Å². The Bertz CT molecular complexity index is 540. The molecular weight excluding hydrogens is 182 g/mol. The molecule has 6 heteroatoms. The van der Waals surface area contributed by atoms with E-state index in [2.05, 4.69) is 15.3 Å². The molecule has 1 aliphatic heterocycles. The molecule has 0 aromatic carbocycles. The molecule has 0 fully saturated rings. The summed E-state index contributed by atoms with van der Waals surface area (Å²) in [5.41, 5.74) is 0.239. The lowest BCUT2D eigenvalue weighted by molar-refractivity contribution is 0.483. The van der Waals surface area contributed by atoms with E-state index in [-0.39, 0.29) is 5.56 Å². The number of rotatable bonds is 0. The van der Waals surface area contributed by atoms with Gasteiger partial charge in [-0.3, -0.25) is 9.36 Å². The highest BCUT2D eigenvalue weighted by Crippen LogP contribution is 2.09. The van der Waals surface area contributed by atoms with Crippen LogP contribution in [0.25, 0.3) is 5.65 Å². The molecule has 0 amide bonds. The van der Waals surface area contributed by atoms with E-state index in [4.69, 9.17) is 0 Å². The van der Waals surface area contributed by atoms with Gasteiger partial charge in [-0.15, -0.1) is 10.2 Å². The van der Waals surface area contributed by atoms with Crippen molar-refractivity contribution in [2.24, 2.45) is 0 Å². The molecule has 2 aromatic rings. The van der Waals surface area contributed by atoms with Crippen molar-refractivity contribution >= 4 is 5.65 Å². The predicted octanol–water partition coefficient (Wildman–Crippen LogP) is -0.378. The standard InChI is InChI=1S/C8H9N5O/c14-8-7-10-9-5-13(7)11-6-3-1-2-4-12(6)8/h5H,1-4H2. The van der Waals surface area contributed by atoms with E-state index >= 15 is 0 Å². The first kappa shape index (κ1) is 7.66. The van der Waals surface area contributed by atoms with Crippen LogP contribution in [0.4, 0.5) is 0 Å². The zero-order valence-electron chi connectivity index (χ0n) is 7.55. The highest BCUT2D eigenvalue weighted by atomic mass is 16.1. The number of hydrogen-bond donors (Lipinski definition) is 0. The van der Waals surface area contributed by atoms with E-state index in [0.717, 1.165) is 31.6 Å². The topological polar surface area (TPSA) is 65.1 Å². The number of nitrogens with zero attached hydrogens (tertiary/aromatic N) is 5. The summed E-state index contributed by atoms with van der Waals surface area (Å²) in [6, 6.07) is 0. The highest BCUT2D eigenvalue weighted by molar-refractivity contribution is 5.31. The van der Waals surface area contributed by atoms with Gasteiger partial charge in [0.15, 0.2) is 0 Å². The molecule has 1 aliphatic rings. The summed E-state index contributed by atoms with van der Waals surface area (Å²) in [4.78, 5) is 11.8. The van der Waals surface area contributed by atoms with Gasteiger partial charge in [0.25, 0.3) is 5.56 Å². The molecule has 0 atom stereocenters. The van der Waals surface area contributed by atoms with Gasteiger partial charge in [0, 0.05) is 13.0 Å². The Morgan fingerprint density at radius 1 is 1.36 bits per heavy atom. The maximum absolute atomic E-state index is 11.8. The molecule has 2 aromatic heterocycles. The fourth-order valence-electron chi connectivity index (χ4n) is 1.83. The summed E-state index contributed by atoms with van der Waals surface area (Å²) in [6.45, 7) is 0.754. The minimum absolute atomic E-state index is 0.0767. The highest BCUT2D eigenvalue weighted by Gasteiger charge is 2.15. The SMILES string of the molecule is O=c1c2nncn2nc2n1CCCC2. The first-order chi connectivity index (χ1) is 6.86. The van der Waals surface area contributed by atoms with Gasteiger partial charge in [0.1, 0.15) is 12.2 Å². The molecule has 0 bridgehead atoms. The first-order valence-electron chi connectivity index (χ1n) is 4.66. The van der Waals surface area contributed by atoms with Gasteiger partial charge >= 0.3 is 0 Å². The van der Waals surface area contributed by atoms with Gasteiger partial charge in [-0.1, -0.05) is 0 Å². The first-order valence-corrected chi connectivity index (χ1v) is 4.66. The van der Waals surface area contributed by atoms with E-state index in [1.54, 1.807) is 4.57 Å². The fourth-order valence-corrected chi connectivity index (χ4v) is 1.83. The van der Waals surface area contributed by atoms with Crippen molar-refractivity contribution in [1.29, 1.82) is 0 Å². The van der Waals surface area contributed by atoms with Gasteiger partial charge in [-0.05, 0) is 12.8 Å². The zero-order valence-corrected chi connectivity index (χ0v) is 7.55. The smallest absolute Gasteiger partial charge is 0.292 e. The summed E-state index contributed by atoms with van der Waals surface area (Å²) >= 11 is 0. The molecule has 0 aliphatic carbocycles.